The van der Waals surface area contributed by atoms with E-state index in [4.69, 9.17) is 0 Å². The fraction of sp³-hybridized carbons (Fsp3) is 0.556. The van der Waals surface area contributed by atoms with Gasteiger partial charge in [0.15, 0.2) is 0 Å². The van der Waals surface area contributed by atoms with E-state index in [1.165, 1.54) is 0 Å². The van der Waals surface area contributed by atoms with Crippen molar-refractivity contribution in [3.63, 3.8) is 0 Å². The molecule has 76 valence electrons. The average molecular weight is 194 g/mol. The molecule has 1 aromatic rings. The van der Waals surface area contributed by atoms with E-state index in [9.17, 15) is 4.79 Å². The van der Waals surface area contributed by atoms with Crippen molar-refractivity contribution in [3.05, 3.63) is 18.2 Å². The van der Waals surface area contributed by atoms with Crippen molar-refractivity contribution in [2.75, 3.05) is 6.54 Å². The molecule has 0 saturated carbocycles. The molecule has 1 amide bonds. The Morgan fingerprint density at radius 1 is 1.64 bits per heavy atom. The number of H-pyrrole nitrogens is 1. The molecule has 1 aromatic heterocycles. The minimum Gasteiger partial charge on any atom is -0.352 e. The van der Waals surface area contributed by atoms with Crippen molar-refractivity contribution in [2.45, 2.75) is 25.4 Å². The zero-order chi connectivity index (χ0) is 9.80. The summed E-state index contributed by atoms with van der Waals surface area (Å²) < 4.78 is 0. The molecule has 1 aliphatic rings. The molecule has 5 nitrogen and oxygen atoms in total. The first-order valence-corrected chi connectivity index (χ1v) is 4.83. The number of carbonyl (C=O) groups excluding carboxylic acids is 1. The molecule has 5 heteroatoms. The van der Waals surface area contributed by atoms with Gasteiger partial charge in [0, 0.05) is 31.4 Å². The summed E-state index contributed by atoms with van der Waals surface area (Å²) >= 11 is 0. The van der Waals surface area contributed by atoms with Crippen LogP contribution in [0.25, 0.3) is 0 Å². The summed E-state index contributed by atoms with van der Waals surface area (Å²) in [5.74, 6) is 1.09. The molecule has 14 heavy (non-hydrogen) atoms. The summed E-state index contributed by atoms with van der Waals surface area (Å²) in [5, 5.41) is 6.14. The van der Waals surface area contributed by atoms with Gasteiger partial charge in [-0.2, -0.15) is 0 Å². The van der Waals surface area contributed by atoms with Crippen molar-refractivity contribution >= 4 is 5.91 Å². The van der Waals surface area contributed by atoms with Gasteiger partial charge in [0.25, 0.3) is 0 Å². The lowest BCUT2D eigenvalue weighted by molar-refractivity contribution is -0.119. The predicted molar refractivity (Wildman–Crippen MR) is 51.5 cm³/mol. The summed E-state index contributed by atoms with van der Waals surface area (Å²) in [6, 6.07) is 0.289. The Morgan fingerprint density at radius 2 is 2.57 bits per heavy atom. The second kappa shape index (κ2) is 4.23. The smallest absolute Gasteiger partial charge is 0.220 e. The molecule has 0 spiro atoms. The molecule has 1 aliphatic heterocycles. The van der Waals surface area contributed by atoms with Gasteiger partial charge in [-0.05, 0) is 6.42 Å². The highest BCUT2D eigenvalue weighted by Crippen LogP contribution is 2.04. The molecule has 0 aromatic carbocycles. The van der Waals surface area contributed by atoms with Gasteiger partial charge in [-0.3, -0.25) is 4.79 Å². The monoisotopic (exact) mass is 194 g/mol. The molecule has 1 fully saturated rings. The van der Waals surface area contributed by atoms with Crippen LogP contribution in [-0.2, 0) is 11.3 Å². The van der Waals surface area contributed by atoms with E-state index in [1.807, 2.05) is 0 Å². The van der Waals surface area contributed by atoms with Crippen LogP contribution in [0, 0.1) is 0 Å². The fourth-order valence-electron chi connectivity index (χ4n) is 1.59. The molecular weight excluding hydrogens is 180 g/mol. The second-order valence-corrected chi connectivity index (χ2v) is 3.47. The number of aromatic amines is 1. The zero-order valence-electron chi connectivity index (χ0n) is 7.92. The Kier molecular flexibility index (Phi) is 2.78. The molecule has 0 aliphatic carbocycles. The first-order valence-electron chi connectivity index (χ1n) is 4.83. The number of amides is 1. The van der Waals surface area contributed by atoms with Crippen LogP contribution in [0.4, 0.5) is 0 Å². The predicted octanol–water partition coefficient (Wildman–Crippen LogP) is -0.222. The van der Waals surface area contributed by atoms with Crippen molar-refractivity contribution in [3.8, 4) is 0 Å². The van der Waals surface area contributed by atoms with E-state index < -0.39 is 0 Å². The maximum Gasteiger partial charge on any atom is 0.220 e. The second-order valence-electron chi connectivity index (χ2n) is 3.47. The summed E-state index contributed by atoms with van der Waals surface area (Å²) in [5.41, 5.74) is 0. The van der Waals surface area contributed by atoms with Crippen LogP contribution in [0.1, 0.15) is 18.7 Å². The number of rotatable bonds is 4. The van der Waals surface area contributed by atoms with Crippen LogP contribution < -0.4 is 10.6 Å². The van der Waals surface area contributed by atoms with Crippen LogP contribution in [0.15, 0.2) is 12.4 Å². The number of imidazole rings is 1. The minimum atomic E-state index is 0.162. The maximum absolute atomic E-state index is 10.9. The van der Waals surface area contributed by atoms with Crippen LogP contribution in [0.5, 0.6) is 0 Å². The lowest BCUT2D eigenvalue weighted by Gasteiger charge is -2.09. The Hall–Kier alpha value is -1.36. The van der Waals surface area contributed by atoms with Gasteiger partial charge in [-0.15, -0.1) is 0 Å². The Bertz CT molecular complexity index is 296. The molecule has 2 heterocycles. The van der Waals surface area contributed by atoms with E-state index in [0.717, 1.165) is 25.3 Å². The van der Waals surface area contributed by atoms with Gasteiger partial charge >= 0.3 is 0 Å². The number of aromatic nitrogens is 2. The average Bonchev–Trinajstić information content (AvgIpc) is 2.77. The standard InChI is InChI=1S/C9H14N4O/c14-9-2-1-7(13-9)5-10-6-8-11-3-4-12-8/h3-4,7,10H,1-2,5-6H2,(H,11,12)(H,13,14). The maximum atomic E-state index is 10.9. The van der Waals surface area contributed by atoms with E-state index in [2.05, 4.69) is 20.6 Å². The van der Waals surface area contributed by atoms with E-state index in [-0.39, 0.29) is 11.9 Å². The third-order valence-electron chi connectivity index (χ3n) is 2.32. The summed E-state index contributed by atoms with van der Waals surface area (Å²) in [6.45, 7) is 1.53. The van der Waals surface area contributed by atoms with E-state index in [0.29, 0.717) is 6.42 Å². The first-order chi connectivity index (χ1) is 6.84. The van der Waals surface area contributed by atoms with Crippen molar-refractivity contribution in [2.24, 2.45) is 0 Å². The normalized spacial score (nSPS) is 21.1. The lowest BCUT2D eigenvalue weighted by Crippen LogP contribution is -2.35. The van der Waals surface area contributed by atoms with Gasteiger partial charge in [0.1, 0.15) is 5.82 Å². The number of nitrogens with zero attached hydrogens (tertiary/aromatic N) is 1. The summed E-state index contributed by atoms with van der Waals surface area (Å²) in [4.78, 5) is 18.0. The van der Waals surface area contributed by atoms with Gasteiger partial charge in [-0.1, -0.05) is 0 Å². The Balaban J connectivity index is 1.66. The number of carbonyl (C=O) groups is 1. The van der Waals surface area contributed by atoms with E-state index in [1.54, 1.807) is 12.4 Å². The number of hydrogen-bond acceptors (Lipinski definition) is 3. The summed E-state index contributed by atoms with van der Waals surface area (Å²) in [6.07, 6.45) is 5.12. The van der Waals surface area contributed by atoms with Crippen molar-refractivity contribution in [1.29, 1.82) is 0 Å². The third-order valence-corrected chi connectivity index (χ3v) is 2.32. The molecular formula is C9H14N4O. The first kappa shape index (κ1) is 9.21. The van der Waals surface area contributed by atoms with Crippen molar-refractivity contribution in [1.82, 2.24) is 20.6 Å². The molecule has 0 radical (unpaired) electrons. The van der Waals surface area contributed by atoms with E-state index >= 15 is 0 Å². The van der Waals surface area contributed by atoms with Gasteiger partial charge < -0.3 is 15.6 Å². The quantitative estimate of drug-likeness (QED) is 0.620. The van der Waals surface area contributed by atoms with Crippen molar-refractivity contribution < 1.29 is 4.79 Å². The highest BCUT2D eigenvalue weighted by molar-refractivity contribution is 5.78. The van der Waals surface area contributed by atoms with Crippen LogP contribution in [-0.4, -0.2) is 28.5 Å². The fourth-order valence-corrected chi connectivity index (χ4v) is 1.59. The van der Waals surface area contributed by atoms with Gasteiger partial charge in [0.05, 0.1) is 6.54 Å². The molecule has 1 unspecified atom stereocenters. The lowest BCUT2D eigenvalue weighted by atomic mass is 10.2. The Morgan fingerprint density at radius 3 is 3.21 bits per heavy atom. The zero-order valence-corrected chi connectivity index (χ0v) is 7.92. The Labute approximate surface area is 82.3 Å². The molecule has 3 N–H and O–H groups in total. The molecule has 1 atom stereocenters. The highest BCUT2D eigenvalue weighted by Gasteiger charge is 2.19. The summed E-state index contributed by atoms with van der Waals surface area (Å²) in [7, 11) is 0. The highest BCUT2D eigenvalue weighted by atomic mass is 16.1. The SMILES string of the molecule is O=C1CCC(CNCc2ncc[nH]2)N1. The molecule has 1 saturated heterocycles. The number of nitrogens with one attached hydrogen (secondary N) is 3. The topological polar surface area (TPSA) is 69.8 Å². The van der Waals surface area contributed by atoms with Crippen LogP contribution in [0.2, 0.25) is 0 Å². The number of hydrogen-bond donors (Lipinski definition) is 3. The van der Waals surface area contributed by atoms with Crippen LogP contribution in [0.3, 0.4) is 0 Å². The van der Waals surface area contributed by atoms with Crippen LogP contribution >= 0.6 is 0 Å². The van der Waals surface area contributed by atoms with Gasteiger partial charge in [-0.25, -0.2) is 4.98 Å². The largest absolute Gasteiger partial charge is 0.352 e. The molecule has 2 rings (SSSR count). The third kappa shape index (κ3) is 2.32. The van der Waals surface area contributed by atoms with Gasteiger partial charge in [0.2, 0.25) is 5.91 Å². The minimum absolute atomic E-state index is 0.162. The molecule has 0 bridgehead atoms.